The second-order valence-corrected chi connectivity index (χ2v) is 17.7. The van der Waals surface area contributed by atoms with E-state index >= 15 is 0 Å². The van der Waals surface area contributed by atoms with Gasteiger partial charge in [-0.3, -0.25) is 0 Å². The molecule has 3 aliphatic carbocycles. The monoisotopic (exact) mass is 628 g/mol. The maximum atomic E-state index is 2.66. The Morgan fingerprint density at radius 3 is 2.40 bits per heavy atom. The molecule has 0 N–H and O–H groups in total. The molecule has 0 nitrogen and oxygen atoms in total. The van der Waals surface area contributed by atoms with Crippen LogP contribution < -0.4 is 24.8 Å². The van der Waals surface area contributed by atoms with E-state index in [0.29, 0.717) is 0 Å². The summed E-state index contributed by atoms with van der Waals surface area (Å²) in [5.41, 5.74) is 5.12. The predicted molar refractivity (Wildman–Crippen MR) is 122 cm³/mol. The number of benzene rings is 1. The molecule has 0 heterocycles. The normalized spacial score (nSPS) is 24.0. The first-order chi connectivity index (χ1) is 13.5. The number of halogens is 2. The molecule has 0 aliphatic heterocycles. The van der Waals surface area contributed by atoms with Crippen molar-refractivity contribution in [3.63, 3.8) is 0 Å². The van der Waals surface area contributed by atoms with E-state index in [9.17, 15) is 0 Å². The summed E-state index contributed by atoms with van der Waals surface area (Å²) < 4.78 is 1.85. The summed E-state index contributed by atoms with van der Waals surface area (Å²) in [5, 5.41) is 1.90. The van der Waals surface area contributed by atoms with E-state index in [0.717, 1.165) is 25.1 Å². The Labute approximate surface area is 209 Å². The van der Waals surface area contributed by atoms with Crippen LogP contribution in [0.25, 0.3) is 6.08 Å². The molecule has 0 bridgehead atoms. The molecule has 162 valence electrons. The molecular weight excluding hydrogens is 593 g/mol. The van der Waals surface area contributed by atoms with Crippen LogP contribution in [0.15, 0.2) is 53.4 Å². The van der Waals surface area contributed by atoms with Gasteiger partial charge in [-0.2, -0.15) is 0 Å². The van der Waals surface area contributed by atoms with E-state index < -0.39 is 22.9 Å². The zero-order chi connectivity index (χ0) is 19.7. The molecule has 3 unspecified atom stereocenters. The standard InChI is InChI=1S/C17H24P.C9H11.2ClH.Hf/c1-13(2)11-18(12-14(3)4)17-9-15-7-5-6-8-16(15)10-17;1-2-5-9-7-3-6-8(9)4-1;;;/h5-10,13-14H,11-12H2,1-4H3;1-2,4,6,9H,3,5,7H2;2*1H;/q;;;;+2/p-2. The zero-order valence-electron chi connectivity index (χ0n) is 18.7. The third-order valence-corrected chi connectivity index (χ3v) is 17.8. The van der Waals surface area contributed by atoms with Crippen LogP contribution in [0, 0.1) is 17.8 Å². The molecule has 0 spiro atoms. The minimum Gasteiger partial charge on any atom is -1.00 e. The largest absolute Gasteiger partial charge is 1.00 e. The Balaban J connectivity index is 0.00000160. The summed E-state index contributed by atoms with van der Waals surface area (Å²) in [4.78, 5) is 0. The Morgan fingerprint density at radius 1 is 1.00 bits per heavy atom. The average Bonchev–Trinajstić information content (AvgIpc) is 3.23. The first-order valence-corrected chi connectivity index (χ1v) is 17.1. The van der Waals surface area contributed by atoms with Crippen LogP contribution in [0.4, 0.5) is 0 Å². The van der Waals surface area contributed by atoms with Crippen LogP contribution in [-0.4, -0.2) is 12.3 Å². The first-order valence-electron chi connectivity index (χ1n) is 11.2. The van der Waals surface area contributed by atoms with Crippen LogP contribution in [-0.2, 0) is 22.9 Å². The van der Waals surface area contributed by atoms with Gasteiger partial charge < -0.3 is 24.8 Å². The van der Waals surface area contributed by atoms with Gasteiger partial charge in [0.05, 0.1) is 0 Å². The van der Waals surface area contributed by atoms with E-state index in [1.807, 2.05) is 10.9 Å². The fourth-order valence-electron chi connectivity index (χ4n) is 5.22. The predicted octanol–water partition coefficient (Wildman–Crippen LogP) is 2.05. The van der Waals surface area contributed by atoms with Gasteiger partial charge in [-0.15, -0.1) is 0 Å². The van der Waals surface area contributed by atoms with Crippen molar-refractivity contribution < 1.29 is 47.7 Å². The van der Waals surface area contributed by atoms with E-state index in [1.165, 1.54) is 31.6 Å². The first kappa shape index (κ1) is 26.6. The number of hydrogen-bond donors (Lipinski definition) is 0. The molecule has 1 aromatic rings. The maximum absolute atomic E-state index is 2.66. The van der Waals surface area contributed by atoms with Crippen LogP contribution >= 0.6 is 7.92 Å². The molecule has 4 heteroatoms. The molecule has 0 amide bonds. The molecule has 0 aromatic heterocycles. The molecule has 3 atom stereocenters. The third kappa shape index (κ3) is 6.01. The van der Waals surface area contributed by atoms with Gasteiger partial charge in [0.1, 0.15) is 0 Å². The van der Waals surface area contributed by atoms with Crippen molar-refractivity contribution in [2.45, 2.75) is 54.3 Å². The van der Waals surface area contributed by atoms with E-state index in [1.54, 1.807) is 11.1 Å². The summed E-state index contributed by atoms with van der Waals surface area (Å²) >= 11 is -0.848. The van der Waals surface area contributed by atoms with Crippen LogP contribution in [0.3, 0.4) is 0 Å². The number of rotatable bonds is 7. The molecule has 30 heavy (non-hydrogen) atoms. The molecule has 0 radical (unpaired) electrons. The molecule has 4 rings (SSSR count). The fourth-order valence-corrected chi connectivity index (χ4v) is 18.0. The number of allylic oxidation sites excluding steroid dienone is 5. The average molecular weight is 628 g/mol. The Bertz CT molecular complexity index is 786. The zero-order valence-corrected chi connectivity index (χ0v) is 24.7. The van der Waals surface area contributed by atoms with Gasteiger partial charge in [0, 0.05) is 0 Å². The molecule has 1 fully saturated rings. The molecule has 1 aromatic carbocycles. The van der Waals surface area contributed by atoms with Crippen molar-refractivity contribution in [3.05, 3.63) is 64.5 Å². The molecule has 3 aliphatic rings. The maximum Gasteiger partial charge on any atom is -1.00 e. The smallest absolute Gasteiger partial charge is 1.00 e. The van der Waals surface area contributed by atoms with Gasteiger partial charge in [-0.05, 0) is 0 Å². The summed E-state index contributed by atoms with van der Waals surface area (Å²) in [7, 11) is 0.0105. The molecule has 1 saturated carbocycles. The van der Waals surface area contributed by atoms with Crippen molar-refractivity contribution in [2.24, 2.45) is 17.8 Å². The number of hydrogen-bond acceptors (Lipinski definition) is 0. The second-order valence-electron chi connectivity index (χ2n) is 9.65. The second kappa shape index (κ2) is 12.0. The van der Waals surface area contributed by atoms with Gasteiger partial charge in [0.2, 0.25) is 0 Å². The van der Waals surface area contributed by atoms with Gasteiger partial charge in [-0.1, -0.05) is 0 Å². The minimum atomic E-state index is -0.848. The van der Waals surface area contributed by atoms with Crippen molar-refractivity contribution in [3.8, 4) is 0 Å². The topological polar surface area (TPSA) is 0 Å². The summed E-state index contributed by atoms with van der Waals surface area (Å²) in [6.07, 6.45) is 17.0. The van der Waals surface area contributed by atoms with Gasteiger partial charge in [0.25, 0.3) is 0 Å². The Hall–Kier alpha value is 0.320. The third-order valence-electron chi connectivity index (χ3n) is 6.33. The van der Waals surface area contributed by atoms with E-state index in [4.69, 9.17) is 0 Å². The van der Waals surface area contributed by atoms with Gasteiger partial charge in [0.15, 0.2) is 0 Å². The van der Waals surface area contributed by atoms with Gasteiger partial charge in [-0.25, -0.2) is 0 Å². The van der Waals surface area contributed by atoms with Crippen LogP contribution in [0.2, 0.25) is 3.67 Å². The van der Waals surface area contributed by atoms with Crippen molar-refractivity contribution in [2.75, 3.05) is 12.3 Å². The Kier molecular flexibility index (Phi) is 10.6. The Morgan fingerprint density at radius 2 is 1.70 bits per heavy atom. The fraction of sp³-hybridized carbons (Fsp3) is 0.538. The number of fused-ring (bicyclic) bond motifs is 2. The van der Waals surface area contributed by atoms with Crippen LogP contribution in [0.5, 0.6) is 0 Å². The SMILES string of the molecule is CC(C)CP(CC(C)C)C1=Cc2ccccc2[CH]1[Hf+2][CH]1CCC2CC=CC=C21.[Cl-].[Cl-]. The quantitative estimate of drug-likeness (QED) is 0.321. The van der Waals surface area contributed by atoms with Crippen molar-refractivity contribution in [1.29, 1.82) is 0 Å². The van der Waals surface area contributed by atoms with Crippen molar-refractivity contribution >= 4 is 14.0 Å². The van der Waals surface area contributed by atoms with E-state index in [-0.39, 0.29) is 32.7 Å². The summed E-state index contributed by atoms with van der Waals surface area (Å²) in [6, 6.07) is 9.39. The van der Waals surface area contributed by atoms with E-state index in [2.05, 4.69) is 76.3 Å². The molecular formula is C26H35Cl2HfP. The van der Waals surface area contributed by atoms with Crippen LogP contribution in [0.1, 0.15) is 61.8 Å². The summed E-state index contributed by atoms with van der Waals surface area (Å²) in [5.74, 6) is 2.51. The molecule has 0 saturated heterocycles. The van der Waals surface area contributed by atoms with Gasteiger partial charge >= 0.3 is 186 Å². The summed E-state index contributed by atoms with van der Waals surface area (Å²) in [6.45, 7) is 9.71. The van der Waals surface area contributed by atoms with Crippen molar-refractivity contribution in [1.82, 2.24) is 0 Å². The minimum absolute atomic E-state index is 0.